The zero-order chi connectivity index (χ0) is 31.0. The summed E-state index contributed by atoms with van der Waals surface area (Å²) in [5.41, 5.74) is 1.58. The highest BCUT2D eigenvalue weighted by Crippen LogP contribution is 2.31. The second kappa shape index (κ2) is 14.8. The molecule has 8 nitrogen and oxygen atoms in total. The van der Waals surface area contributed by atoms with Gasteiger partial charge in [-0.1, -0.05) is 74.2 Å². The van der Waals surface area contributed by atoms with E-state index in [2.05, 4.69) is 5.32 Å². The van der Waals surface area contributed by atoms with Crippen LogP contribution in [0.15, 0.2) is 77.7 Å². The number of carbonyl (C=O) groups is 2. The van der Waals surface area contributed by atoms with Crippen LogP contribution < -0.4 is 14.4 Å². The summed E-state index contributed by atoms with van der Waals surface area (Å²) in [7, 11) is -2.61. The van der Waals surface area contributed by atoms with Crippen LogP contribution >= 0.6 is 11.6 Å². The molecule has 0 aromatic heterocycles. The highest BCUT2D eigenvalue weighted by Gasteiger charge is 2.35. The first-order valence-electron chi connectivity index (χ1n) is 14.7. The van der Waals surface area contributed by atoms with E-state index < -0.39 is 28.5 Å². The van der Waals surface area contributed by atoms with E-state index >= 15 is 0 Å². The van der Waals surface area contributed by atoms with Crippen molar-refractivity contribution in [2.45, 2.75) is 75.9 Å². The van der Waals surface area contributed by atoms with Gasteiger partial charge in [-0.25, -0.2) is 8.42 Å². The molecular formula is C33H40ClN3O5S. The van der Waals surface area contributed by atoms with E-state index in [1.165, 1.54) is 17.0 Å². The molecule has 0 heterocycles. The van der Waals surface area contributed by atoms with Crippen molar-refractivity contribution in [2.75, 3.05) is 18.0 Å². The van der Waals surface area contributed by atoms with Crippen molar-refractivity contribution >= 4 is 39.1 Å². The smallest absolute Gasteiger partial charge is 0.264 e. The van der Waals surface area contributed by atoms with Gasteiger partial charge in [-0.05, 0) is 73.7 Å². The molecule has 3 aromatic rings. The molecule has 0 spiro atoms. The molecule has 0 radical (unpaired) electrons. The molecule has 0 unspecified atom stereocenters. The van der Waals surface area contributed by atoms with Gasteiger partial charge in [-0.2, -0.15) is 0 Å². The molecule has 0 aliphatic heterocycles. The highest BCUT2D eigenvalue weighted by atomic mass is 35.5. The second-order valence-corrected chi connectivity index (χ2v) is 13.1. The number of methoxy groups -OCH3 is 1. The number of nitrogens with one attached hydrogen (secondary N) is 1. The monoisotopic (exact) mass is 625 g/mol. The Hall–Kier alpha value is -3.56. The molecule has 1 atom stereocenters. The Kier molecular flexibility index (Phi) is 11.1. The standard InChI is InChI=1S/C33H40ClN3O5S/c1-4-30(33(39)35-26-14-7-5-8-15-26)36(22-25-13-11-16-27(21-25)42-3)32(38)23-37(31-20-12-19-29(34)24(31)2)43(40,41)28-17-9-6-10-18-28/h6,9-13,16-21,26,30H,4-5,7-8,14-15,22-23H2,1-3H3,(H,35,39)/t30-/m0/s1. The van der Waals surface area contributed by atoms with E-state index in [-0.39, 0.29) is 23.4 Å². The van der Waals surface area contributed by atoms with E-state index in [0.717, 1.165) is 42.0 Å². The van der Waals surface area contributed by atoms with Gasteiger partial charge in [0.05, 0.1) is 17.7 Å². The maximum Gasteiger partial charge on any atom is 0.264 e. The average Bonchev–Trinajstić information content (AvgIpc) is 3.02. The van der Waals surface area contributed by atoms with Crippen LogP contribution in [0.25, 0.3) is 0 Å². The summed E-state index contributed by atoms with van der Waals surface area (Å²) in [5.74, 6) is -0.123. The van der Waals surface area contributed by atoms with E-state index in [1.807, 2.05) is 25.1 Å². The van der Waals surface area contributed by atoms with E-state index in [9.17, 15) is 18.0 Å². The minimum absolute atomic E-state index is 0.0450. The van der Waals surface area contributed by atoms with Gasteiger partial charge in [0.2, 0.25) is 11.8 Å². The molecule has 230 valence electrons. The Morgan fingerprint density at radius 3 is 2.37 bits per heavy atom. The van der Waals surface area contributed by atoms with Gasteiger partial charge in [0.15, 0.2) is 0 Å². The van der Waals surface area contributed by atoms with Gasteiger partial charge in [0.25, 0.3) is 10.0 Å². The van der Waals surface area contributed by atoms with E-state index in [0.29, 0.717) is 28.4 Å². The number of halogens is 1. The minimum atomic E-state index is -4.17. The van der Waals surface area contributed by atoms with Crippen LogP contribution in [0.4, 0.5) is 5.69 Å². The largest absolute Gasteiger partial charge is 0.497 e. The molecule has 3 aromatic carbocycles. The molecular weight excluding hydrogens is 586 g/mol. The van der Waals surface area contributed by atoms with Crippen LogP contribution in [0, 0.1) is 6.92 Å². The lowest BCUT2D eigenvalue weighted by molar-refractivity contribution is -0.140. The van der Waals surface area contributed by atoms with Gasteiger partial charge in [0.1, 0.15) is 18.3 Å². The van der Waals surface area contributed by atoms with Crippen LogP contribution in [0.5, 0.6) is 5.75 Å². The average molecular weight is 626 g/mol. The molecule has 0 bridgehead atoms. The lowest BCUT2D eigenvalue weighted by Crippen LogP contribution is -2.54. The number of nitrogens with zero attached hydrogens (tertiary/aromatic N) is 2. The number of rotatable bonds is 12. The first kappa shape index (κ1) is 32.4. The number of hydrogen-bond acceptors (Lipinski definition) is 5. The normalized spacial score (nSPS) is 14.5. The zero-order valence-electron chi connectivity index (χ0n) is 25.0. The number of ether oxygens (including phenoxy) is 1. The van der Waals surface area contributed by atoms with Gasteiger partial charge >= 0.3 is 0 Å². The van der Waals surface area contributed by atoms with Crippen molar-refractivity contribution in [3.63, 3.8) is 0 Å². The van der Waals surface area contributed by atoms with E-state index in [1.54, 1.807) is 56.5 Å². The number of hydrogen-bond donors (Lipinski definition) is 1. The summed E-state index contributed by atoms with van der Waals surface area (Å²) in [6, 6.07) is 19.5. The Labute approximate surface area is 260 Å². The summed E-state index contributed by atoms with van der Waals surface area (Å²) in [5, 5.41) is 3.54. The van der Waals surface area contributed by atoms with Crippen molar-refractivity contribution < 1.29 is 22.7 Å². The molecule has 1 fully saturated rings. The van der Waals surface area contributed by atoms with Crippen molar-refractivity contribution in [2.24, 2.45) is 0 Å². The lowest BCUT2D eigenvalue weighted by Gasteiger charge is -2.35. The third-order valence-electron chi connectivity index (χ3n) is 7.94. The van der Waals surface area contributed by atoms with Crippen LogP contribution in [0.2, 0.25) is 5.02 Å². The van der Waals surface area contributed by atoms with Crippen LogP contribution in [0.3, 0.4) is 0 Å². The van der Waals surface area contributed by atoms with Crippen molar-refractivity contribution in [1.82, 2.24) is 10.2 Å². The number of benzene rings is 3. The van der Waals surface area contributed by atoms with Crippen molar-refractivity contribution in [3.8, 4) is 5.75 Å². The second-order valence-electron chi connectivity index (χ2n) is 10.8. The summed E-state index contributed by atoms with van der Waals surface area (Å²) < 4.78 is 34.6. The zero-order valence-corrected chi connectivity index (χ0v) is 26.5. The summed E-state index contributed by atoms with van der Waals surface area (Å²) in [6.07, 6.45) is 5.43. The molecule has 10 heteroatoms. The molecule has 1 aliphatic carbocycles. The molecule has 4 rings (SSSR count). The number of sulfonamides is 1. The van der Waals surface area contributed by atoms with Crippen molar-refractivity contribution in [1.29, 1.82) is 0 Å². The summed E-state index contributed by atoms with van der Waals surface area (Å²) >= 11 is 6.41. The fraction of sp³-hybridized carbons (Fsp3) is 0.394. The SMILES string of the molecule is CC[C@@H](C(=O)NC1CCCCC1)N(Cc1cccc(OC)c1)C(=O)CN(c1cccc(Cl)c1C)S(=O)(=O)c1ccccc1. The van der Waals surface area contributed by atoms with Crippen LogP contribution in [0.1, 0.15) is 56.6 Å². The first-order chi connectivity index (χ1) is 20.6. The third kappa shape index (κ3) is 7.89. The first-order valence-corrected chi connectivity index (χ1v) is 16.5. The lowest BCUT2D eigenvalue weighted by atomic mass is 9.95. The number of carbonyl (C=O) groups excluding carboxylic acids is 2. The molecule has 43 heavy (non-hydrogen) atoms. The fourth-order valence-electron chi connectivity index (χ4n) is 5.53. The predicted octanol–water partition coefficient (Wildman–Crippen LogP) is 6.11. The maximum absolute atomic E-state index is 14.3. The topological polar surface area (TPSA) is 96.0 Å². The maximum atomic E-state index is 14.3. The minimum Gasteiger partial charge on any atom is -0.497 e. The van der Waals surface area contributed by atoms with Crippen molar-refractivity contribution in [3.05, 3.63) is 88.9 Å². The fourth-order valence-corrected chi connectivity index (χ4v) is 7.19. The summed E-state index contributed by atoms with van der Waals surface area (Å²) in [4.78, 5) is 29.6. The Morgan fingerprint density at radius 1 is 1.00 bits per heavy atom. The predicted molar refractivity (Wildman–Crippen MR) is 170 cm³/mol. The number of anilines is 1. The highest BCUT2D eigenvalue weighted by molar-refractivity contribution is 7.92. The van der Waals surface area contributed by atoms with Gasteiger partial charge < -0.3 is 15.0 Å². The molecule has 1 aliphatic rings. The molecule has 1 N–H and O–H groups in total. The van der Waals surface area contributed by atoms with Gasteiger partial charge in [0, 0.05) is 17.6 Å². The Bertz CT molecular complexity index is 1510. The third-order valence-corrected chi connectivity index (χ3v) is 10.1. The Morgan fingerprint density at radius 2 is 1.70 bits per heavy atom. The molecule has 2 amide bonds. The van der Waals surface area contributed by atoms with Gasteiger partial charge in [-0.15, -0.1) is 0 Å². The number of amides is 2. The quantitative estimate of drug-likeness (QED) is 0.262. The van der Waals surface area contributed by atoms with E-state index in [4.69, 9.17) is 16.3 Å². The molecule has 0 saturated heterocycles. The van der Waals surface area contributed by atoms with Crippen LogP contribution in [-0.2, 0) is 26.2 Å². The van der Waals surface area contributed by atoms with Gasteiger partial charge in [-0.3, -0.25) is 13.9 Å². The van der Waals surface area contributed by atoms with Crippen LogP contribution in [-0.4, -0.2) is 50.9 Å². The molecule has 1 saturated carbocycles. The summed E-state index contributed by atoms with van der Waals surface area (Å²) in [6.45, 7) is 3.16. The Balaban J connectivity index is 1.74.